The highest BCUT2D eigenvalue weighted by atomic mass is 19.1. The molecule has 2 aromatic carbocycles. The molecule has 154 valence electrons. The number of hydrogen-bond donors (Lipinski definition) is 3. The third-order valence-corrected chi connectivity index (χ3v) is 5.16. The molecule has 0 radical (unpaired) electrons. The molecular weight excluding hydrogens is 387 g/mol. The number of rotatable bonds is 6. The maximum atomic E-state index is 13.1. The fourth-order valence-electron chi connectivity index (χ4n) is 3.55. The van der Waals surface area contributed by atoms with Crippen LogP contribution in [0.25, 0.3) is 10.9 Å². The lowest BCUT2D eigenvalue weighted by atomic mass is 10.1. The van der Waals surface area contributed by atoms with Gasteiger partial charge in [0.05, 0.1) is 5.92 Å². The average molecular weight is 408 g/mol. The summed E-state index contributed by atoms with van der Waals surface area (Å²) in [7, 11) is 0. The van der Waals surface area contributed by atoms with Crippen molar-refractivity contribution in [3.05, 3.63) is 66.1 Å². The van der Waals surface area contributed by atoms with Gasteiger partial charge < -0.3 is 20.5 Å². The zero-order valence-electron chi connectivity index (χ0n) is 16.2. The van der Waals surface area contributed by atoms with Crippen molar-refractivity contribution in [1.29, 1.82) is 0 Å². The highest BCUT2D eigenvalue weighted by Crippen LogP contribution is 2.25. The summed E-state index contributed by atoms with van der Waals surface area (Å²) in [6, 6.07) is 12.9. The molecule has 8 heteroatoms. The van der Waals surface area contributed by atoms with Gasteiger partial charge in [-0.3, -0.25) is 14.4 Å². The van der Waals surface area contributed by atoms with E-state index in [4.69, 9.17) is 0 Å². The molecule has 7 nitrogen and oxygen atoms in total. The van der Waals surface area contributed by atoms with Crippen molar-refractivity contribution in [2.24, 2.45) is 5.92 Å². The lowest BCUT2D eigenvalue weighted by Crippen LogP contribution is -2.38. The molecule has 1 saturated heterocycles. The van der Waals surface area contributed by atoms with Crippen molar-refractivity contribution < 1.29 is 18.8 Å². The van der Waals surface area contributed by atoms with Gasteiger partial charge in [0.25, 0.3) is 5.91 Å². The number of hydrogen-bond acceptors (Lipinski definition) is 3. The third kappa shape index (κ3) is 4.17. The van der Waals surface area contributed by atoms with Gasteiger partial charge in [-0.1, -0.05) is 6.07 Å². The highest BCUT2D eigenvalue weighted by Gasteiger charge is 2.34. The first-order chi connectivity index (χ1) is 14.5. The Balaban J connectivity index is 1.24. The van der Waals surface area contributed by atoms with Gasteiger partial charge in [0.15, 0.2) is 0 Å². The maximum Gasteiger partial charge on any atom is 0.251 e. The number of H-pyrrole nitrogens is 1. The largest absolute Gasteiger partial charge is 0.361 e. The molecule has 1 atom stereocenters. The van der Waals surface area contributed by atoms with E-state index in [1.54, 1.807) is 12.1 Å². The topological polar surface area (TPSA) is 94.3 Å². The Kier molecular flexibility index (Phi) is 5.47. The summed E-state index contributed by atoms with van der Waals surface area (Å²) in [5.74, 6) is -1.49. The van der Waals surface area contributed by atoms with Crippen LogP contribution in [-0.2, 0) is 9.59 Å². The van der Waals surface area contributed by atoms with E-state index in [0.29, 0.717) is 11.3 Å². The Bertz CT molecular complexity index is 1090. The minimum Gasteiger partial charge on any atom is -0.361 e. The van der Waals surface area contributed by atoms with Crippen LogP contribution in [0.3, 0.4) is 0 Å². The molecule has 3 N–H and O–H groups in total. The van der Waals surface area contributed by atoms with Crippen LogP contribution in [-0.4, -0.2) is 42.3 Å². The predicted octanol–water partition coefficient (Wildman–Crippen LogP) is 2.21. The lowest BCUT2D eigenvalue weighted by Gasteiger charge is -2.16. The van der Waals surface area contributed by atoms with Crippen LogP contribution < -0.4 is 15.5 Å². The fraction of sp³-hybridized carbons (Fsp3) is 0.227. The number of carbonyl (C=O) groups excluding carboxylic acids is 3. The van der Waals surface area contributed by atoms with E-state index >= 15 is 0 Å². The number of halogens is 1. The van der Waals surface area contributed by atoms with E-state index < -0.39 is 5.92 Å². The third-order valence-electron chi connectivity index (χ3n) is 5.16. The van der Waals surface area contributed by atoms with Crippen LogP contribution in [0.5, 0.6) is 0 Å². The van der Waals surface area contributed by atoms with Crippen LogP contribution in [0.1, 0.15) is 16.8 Å². The Morgan fingerprint density at radius 1 is 1.07 bits per heavy atom. The van der Waals surface area contributed by atoms with E-state index in [1.807, 2.05) is 18.3 Å². The van der Waals surface area contributed by atoms with E-state index in [9.17, 15) is 18.8 Å². The van der Waals surface area contributed by atoms with Gasteiger partial charge in [0.2, 0.25) is 11.8 Å². The zero-order valence-corrected chi connectivity index (χ0v) is 16.2. The smallest absolute Gasteiger partial charge is 0.251 e. The number of benzene rings is 2. The van der Waals surface area contributed by atoms with E-state index in [2.05, 4.69) is 15.6 Å². The second-order valence-corrected chi connectivity index (χ2v) is 7.21. The van der Waals surface area contributed by atoms with Crippen molar-refractivity contribution in [1.82, 2.24) is 15.6 Å². The predicted molar refractivity (Wildman–Crippen MR) is 111 cm³/mol. The van der Waals surface area contributed by atoms with Crippen molar-refractivity contribution in [3.63, 3.8) is 0 Å². The number of aromatic nitrogens is 1. The van der Waals surface area contributed by atoms with Crippen LogP contribution in [0.4, 0.5) is 10.1 Å². The molecule has 3 amide bonds. The Morgan fingerprint density at radius 2 is 1.83 bits per heavy atom. The fourth-order valence-corrected chi connectivity index (χ4v) is 3.55. The number of amides is 3. The van der Waals surface area contributed by atoms with Gasteiger partial charge >= 0.3 is 0 Å². The molecule has 2 heterocycles. The molecule has 0 bridgehead atoms. The Morgan fingerprint density at radius 3 is 2.63 bits per heavy atom. The minimum absolute atomic E-state index is 0.103. The molecule has 1 unspecified atom stereocenters. The molecule has 4 rings (SSSR count). The monoisotopic (exact) mass is 408 g/mol. The second kappa shape index (κ2) is 8.36. The van der Waals surface area contributed by atoms with E-state index in [-0.39, 0.29) is 49.6 Å². The molecular formula is C22H21FN4O3. The number of carbonyl (C=O) groups is 3. The Labute approximate surface area is 172 Å². The molecule has 1 fully saturated rings. The molecule has 0 saturated carbocycles. The summed E-state index contributed by atoms with van der Waals surface area (Å²) in [4.78, 5) is 41.4. The summed E-state index contributed by atoms with van der Waals surface area (Å²) < 4.78 is 13.1. The van der Waals surface area contributed by atoms with E-state index in [0.717, 1.165) is 10.9 Å². The first-order valence-electron chi connectivity index (χ1n) is 9.70. The lowest BCUT2D eigenvalue weighted by molar-refractivity contribution is -0.126. The summed E-state index contributed by atoms with van der Waals surface area (Å²) in [5.41, 5.74) is 1.99. The maximum absolute atomic E-state index is 13.1. The van der Waals surface area contributed by atoms with Gasteiger partial charge in [-0.2, -0.15) is 0 Å². The van der Waals surface area contributed by atoms with Crippen molar-refractivity contribution >= 4 is 34.3 Å². The minimum atomic E-state index is -0.478. The number of fused-ring (bicyclic) bond motifs is 1. The summed E-state index contributed by atoms with van der Waals surface area (Å²) in [5, 5.41) is 6.56. The van der Waals surface area contributed by atoms with Crippen LogP contribution in [0, 0.1) is 11.7 Å². The van der Waals surface area contributed by atoms with Crippen LogP contribution >= 0.6 is 0 Å². The van der Waals surface area contributed by atoms with Crippen LogP contribution in [0.15, 0.2) is 54.7 Å². The summed E-state index contributed by atoms with van der Waals surface area (Å²) in [6.45, 7) is 0.783. The molecule has 0 aliphatic carbocycles. The summed E-state index contributed by atoms with van der Waals surface area (Å²) >= 11 is 0. The highest BCUT2D eigenvalue weighted by molar-refractivity contribution is 6.00. The quantitative estimate of drug-likeness (QED) is 0.546. The molecule has 1 aliphatic rings. The van der Waals surface area contributed by atoms with Crippen LogP contribution in [0.2, 0.25) is 0 Å². The van der Waals surface area contributed by atoms with Gasteiger partial charge in [-0.25, -0.2) is 4.39 Å². The van der Waals surface area contributed by atoms with Crippen molar-refractivity contribution in [3.8, 4) is 0 Å². The van der Waals surface area contributed by atoms with E-state index in [1.165, 1.54) is 29.2 Å². The van der Waals surface area contributed by atoms with Gasteiger partial charge in [0.1, 0.15) is 5.82 Å². The molecule has 3 aromatic rings. The van der Waals surface area contributed by atoms with Gasteiger partial charge in [-0.05, 0) is 47.9 Å². The number of anilines is 1. The zero-order chi connectivity index (χ0) is 21.1. The SMILES string of the molecule is O=C(NCCNC(=O)C1CC(=O)N(c2ccc(F)cc2)C1)c1ccc2cc[nH]c2c1. The number of nitrogens with zero attached hydrogens (tertiary/aromatic N) is 1. The molecule has 1 aromatic heterocycles. The van der Waals surface area contributed by atoms with Gasteiger partial charge in [-0.15, -0.1) is 0 Å². The number of aromatic amines is 1. The average Bonchev–Trinajstić information content (AvgIpc) is 3.37. The molecule has 1 aliphatic heterocycles. The Hall–Kier alpha value is -3.68. The normalized spacial score (nSPS) is 16.1. The molecule has 0 spiro atoms. The van der Waals surface area contributed by atoms with Crippen molar-refractivity contribution in [2.45, 2.75) is 6.42 Å². The summed E-state index contributed by atoms with van der Waals surface area (Å²) in [6.07, 6.45) is 1.92. The van der Waals surface area contributed by atoms with Gasteiger partial charge in [0, 0.05) is 49.0 Å². The first kappa shape index (κ1) is 19.6. The molecule has 30 heavy (non-hydrogen) atoms. The second-order valence-electron chi connectivity index (χ2n) is 7.21. The standard InChI is InChI=1S/C22H21FN4O3/c23-17-3-5-18(6-4-17)27-13-16(12-20(27)28)22(30)26-10-9-25-21(29)15-2-1-14-7-8-24-19(14)11-15/h1-8,11,16,24H,9-10,12-13H2,(H,25,29)(H,26,30). The first-order valence-corrected chi connectivity index (χ1v) is 9.70. The number of nitrogens with one attached hydrogen (secondary N) is 3. The van der Waals surface area contributed by atoms with Crippen molar-refractivity contribution in [2.75, 3.05) is 24.5 Å².